The Balaban J connectivity index is 2.07. The molecular weight excluding hydrogens is 326 g/mol. The lowest BCUT2D eigenvalue weighted by atomic mass is 10.2. The molecule has 0 spiro atoms. The number of methoxy groups -OCH3 is 1. The number of hydrogen-bond acceptors (Lipinski definition) is 4. The van der Waals surface area contributed by atoms with Gasteiger partial charge in [-0.1, -0.05) is 0 Å². The van der Waals surface area contributed by atoms with Crippen molar-refractivity contribution in [2.75, 3.05) is 12.4 Å². The number of halogens is 1. The molecule has 106 valence electrons. The van der Waals surface area contributed by atoms with E-state index in [-0.39, 0.29) is 5.56 Å². The quantitative estimate of drug-likeness (QED) is 0.869. The number of nitrogens with one attached hydrogen (secondary N) is 1. The molecule has 2 aromatic rings. The first-order chi connectivity index (χ1) is 9.51. The third-order valence-corrected chi connectivity index (χ3v) is 3.44. The van der Waals surface area contributed by atoms with E-state index in [1.54, 1.807) is 14.0 Å². The van der Waals surface area contributed by atoms with E-state index in [1.165, 1.54) is 6.07 Å². The number of aryl methyl sites for hydroxylation is 1. The minimum Gasteiger partial charge on any atom is -0.496 e. The van der Waals surface area contributed by atoms with E-state index >= 15 is 0 Å². The normalized spacial score (nSPS) is 10.3. The van der Waals surface area contributed by atoms with Gasteiger partial charge < -0.3 is 19.6 Å². The average molecular weight is 340 g/mol. The molecule has 0 atom stereocenters. The zero-order valence-corrected chi connectivity index (χ0v) is 12.7. The van der Waals surface area contributed by atoms with Crippen LogP contribution in [0.3, 0.4) is 0 Å². The average Bonchev–Trinajstić information content (AvgIpc) is 2.78. The van der Waals surface area contributed by atoms with Crippen molar-refractivity contribution in [3.63, 3.8) is 0 Å². The van der Waals surface area contributed by atoms with Crippen molar-refractivity contribution < 1.29 is 19.1 Å². The fourth-order valence-electron chi connectivity index (χ4n) is 1.81. The van der Waals surface area contributed by atoms with E-state index in [0.29, 0.717) is 18.1 Å². The first kappa shape index (κ1) is 14.5. The Bertz CT molecular complexity index is 636. The Hall–Kier alpha value is -1.95. The fraction of sp³-hybridized carbons (Fsp3) is 0.214. The smallest absolute Gasteiger partial charge is 0.339 e. The first-order valence-electron chi connectivity index (χ1n) is 5.91. The number of carboxylic acid groups (broad SMARTS) is 1. The molecule has 0 saturated carbocycles. The zero-order valence-electron chi connectivity index (χ0n) is 11.1. The number of benzene rings is 1. The Morgan fingerprint density at radius 3 is 2.75 bits per heavy atom. The summed E-state index contributed by atoms with van der Waals surface area (Å²) in [5, 5.41) is 12.1. The number of rotatable bonds is 5. The van der Waals surface area contributed by atoms with Crippen LogP contribution in [-0.4, -0.2) is 18.2 Å². The van der Waals surface area contributed by atoms with E-state index in [0.717, 1.165) is 15.9 Å². The van der Waals surface area contributed by atoms with Gasteiger partial charge in [0, 0.05) is 5.69 Å². The molecule has 0 fully saturated rings. The summed E-state index contributed by atoms with van der Waals surface area (Å²) in [6.07, 6.45) is 0. The number of anilines is 1. The van der Waals surface area contributed by atoms with Crippen LogP contribution in [0.25, 0.3) is 0 Å². The van der Waals surface area contributed by atoms with Gasteiger partial charge in [-0.15, -0.1) is 0 Å². The van der Waals surface area contributed by atoms with Crippen LogP contribution in [0.15, 0.2) is 33.2 Å². The summed E-state index contributed by atoms with van der Waals surface area (Å²) >= 11 is 3.40. The van der Waals surface area contributed by atoms with Crippen LogP contribution in [0.5, 0.6) is 5.75 Å². The molecule has 2 rings (SSSR count). The summed E-state index contributed by atoms with van der Waals surface area (Å²) in [6.45, 7) is 2.05. The summed E-state index contributed by atoms with van der Waals surface area (Å²) < 4.78 is 11.4. The number of hydrogen-bond donors (Lipinski definition) is 2. The first-order valence-corrected chi connectivity index (χ1v) is 6.70. The molecule has 6 heteroatoms. The third kappa shape index (κ3) is 3.14. The van der Waals surface area contributed by atoms with Gasteiger partial charge in [0.25, 0.3) is 0 Å². The molecule has 2 N–H and O–H groups in total. The van der Waals surface area contributed by atoms with Crippen molar-refractivity contribution in [3.05, 3.63) is 45.8 Å². The molecule has 20 heavy (non-hydrogen) atoms. The van der Waals surface area contributed by atoms with Crippen molar-refractivity contribution in [2.24, 2.45) is 0 Å². The van der Waals surface area contributed by atoms with Gasteiger partial charge in [-0.25, -0.2) is 4.79 Å². The van der Waals surface area contributed by atoms with Crippen LogP contribution < -0.4 is 10.1 Å². The van der Waals surface area contributed by atoms with Crippen LogP contribution in [0.1, 0.15) is 21.9 Å². The van der Waals surface area contributed by atoms with Gasteiger partial charge in [0.2, 0.25) is 0 Å². The van der Waals surface area contributed by atoms with Crippen LogP contribution in [0.2, 0.25) is 0 Å². The van der Waals surface area contributed by atoms with Crippen LogP contribution >= 0.6 is 15.9 Å². The molecule has 1 heterocycles. The zero-order chi connectivity index (χ0) is 14.7. The van der Waals surface area contributed by atoms with Gasteiger partial charge in [0.15, 0.2) is 0 Å². The molecule has 0 saturated heterocycles. The van der Waals surface area contributed by atoms with Gasteiger partial charge in [-0.3, -0.25) is 0 Å². The molecule has 0 aliphatic carbocycles. The lowest BCUT2D eigenvalue weighted by Crippen LogP contribution is -1.99. The molecule has 1 aromatic heterocycles. The maximum Gasteiger partial charge on any atom is 0.339 e. The summed E-state index contributed by atoms with van der Waals surface area (Å²) in [4.78, 5) is 10.9. The van der Waals surface area contributed by atoms with Crippen molar-refractivity contribution in [1.29, 1.82) is 0 Å². The number of carboxylic acids is 1. The molecule has 0 aliphatic rings. The minimum absolute atomic E-state index is 0.192. The minimum atomic E-state index is -0.982. The molecule has 0 aliphatic heterocycles. The molecule has 1 aromatic carbocycles. The van der Waals surface area contributed by atoms with E-state index in [4.69, 9.17) is 14.3 Å². The molecule has 0 unspecified atom stereocenters. The topological polar surface area (TPSA) is 71.7 Å². The highest BCUT2D eigenvalue weighted by atomic mass is 79.9. The highest BCUT2D eigenvalue weighted by Gasteiger charge is 2.13. The summed E-state index contributed by atoms with van der Waals surface area (Å²) in [5.74, 6) is 0.749. The maximum absolute atomic E-state index is 10.9. The fourth-order valence-corrected chi connectivity index (χ4v) is 2.35. The van der Waals surface area contributed by atoms with Gasteiger partial charge in [0.05, 0.1) is 18.1 Å². The Morgan fingerprint density at radius 2 is 2.20 bits per heavy atom. The number of aromatic carboxylic acids is 1. The van der Waals surface area contributed by atoms with Crippen LogP contribution in [-0.2, 0) is 6.54 Å². The summed E-state index contributed by atoms with van der Waals surface area (Å²) in [7, 11) is 1.60. The standard InChI is InChI=1S/C14H14BrNO4/c1-8-11(14(17)18)6-10(20-8)7-16-9-3-4-13(19-2)12(15)5-9/h3-6,16H,7H2,1-2H3,(H,17,18). The summed E-state index contributed by atoms with van der Waals surface area (Å²) in [6, 6.07) is 7.12. The van der Waals surface area contributed by atoms with Crippen molar-refractivity contribution in [3.8, 4) is 5.75 Å². The van der Waals surface area contributed by atoms with Crippen LogP contribution in [0.4, 0.5) is 5.69 Å². The van der Waals surface area contributed by atoms with Gasteiger partial charge in [-0.2, -0.15) is 0 Å². The SMILES string of the molecule is COc1ccc(NCc2cc(C(=O)O)c(C)o2)cc1Br. The van der Waals surface area contributed by atoms with E-state index in [2.05, 4.69) is 21.2 Å². The molecule has 0 bridgehead atoms. The van der Waals surface area contributed by atoms with Crippen molar-refractivity contribution >= 4 is 27.6 Å². The Kier molecular flexibility index (Phi) is 4.34. The monoisotopic (exact) mass is 339 g/mol. The summed E-state index contributed by atoms with van der Waals surface area (Å²) in [5.41, 5.74) is 1.07. The molecule has 5 nitrogen and oxygen atoms in total. The van der Waals surface area contributed by atoms with Gasteiger partial charge in [0.1, 0.15) is 22.8 Å². The lowest BCUT2D eigenvalue weighted by Gasteiger charge is -2.07. The lowest BCUT2D eigenvalue weighted by molar-refractivity contribution is 0.0695. The number of carbonyl (C=O) groups is 1. The predicted molar refractivity (Wildman–Crippen MR) is 78.4 cm³/mol. The van der Waals surface area contributed by atoms with Gasteiger partial charge >= 0.3 is 5.97 Å². The second-order valence-corrected chi connectivity index (χ2v) is 5.04. The highest BCUT2D eigenvalue weighted by molar-refractivity contribution is 9.10. The van der Waals surface area contributed by atoms with Crippen LogP contribution in [0, 0.1) is 6.92 Å². The van der Waals surface area contributed by atoms with E-state index in [9.17, 15) is 4.79 Å². The third-order valence-electron chi connectivity index (χ3n) is 2.82. The maximum atomic E-state index is 10.9. The molecular formula is C14H14BrNO4. The van der Waals surface area contributed by atoms with Crippen molar-refractivity contribution in [1.82, 2.24) is 0 Å². The Morgan fingerprint density at radius 1 is 1.45 bits per heavy atom. The molecule has 0 amide bonds. The second kappa shape index (κ2) is 6.00. The second-order valence-electron chi connectivity index (χ2n) is 4.19. The largest absolute Gasteiger partial charge is 0.496 e. The number of ether oxygens (including phenoxy) is 1. The highest BCUT2D eigenvalue weighted by Crippen LogP contribution is 2.28. The molecule has 0 radical (unpaired) electrons. The van der Waals surface area contributed by atoms with E-state index in [1.807, 2.05) is 18.2 Å². The Labute approximate surface area is 124 Å². The van der Waals surface area contributed by atoms with Crippen molar-refractivity contribution in [2.45, 2.75) is 13.5 Å². The number of furan rings is 1. The van der Waals surface area contributed by atoms with E-state index < -0.39 is 5.97 Å². The predicted octanol–water partition coefficient (Wildman–Crippen LogP) is 3.67. The van der Waals surface area contributed by atoms with Gasteiger partial charge in [-0.05, 0) is 47.1 Å².